The van der Waals surface area contributed by atoms with E-state index in [0.717, 1.165) is 12.8 Å². The zero-order valence-corrected chi connectivity index (χ0v) is 8.96. The summed E-state index contributed by atoms with van der Waals surface area (Å²) in [6.07, 6.45) is 7.99. The molecule has 0 aromatic heterocycles. The Hall–Kier alpha value is -0.570. The number of hydrogen-bond acceptors (Lipinski definition) is 2. The molecule has 1 saturated carbocycles. The van der Waals surface area contributed by atoms with Gasteiger partial charge in [-0.2, -0.15) is 0 Å². The van der Waals surface area contributed by atoms with E-state index < -0.39 is 0 Å². The molecule has 1 aliphatic carbocycles. The lowest BCUT2D eigenvalue weighted by Gasteiger charge is -2.39. The van der Waals surface area contributed by atoms with Crippen LogP contribution in [0.15, 0.2) is 0 Å². The molecule has 1 aliphatic heterocycles. The van der Waals surface area contributed by atoms with Crippen LogP contribution in [0.25, 0.3) is 0 Å². The van der Waals surface area contributed by atoms with Crippen molar-refractivity contribution in [2.24, 2.45) is 0 Å². The Morgan fingerprint density at radius 2 is 1.93 bits per heavy atom. The number of hydrogen-bond donors (Lipinski definition) is 1. The summed E-state index contributed by atoms with van der Waals surface area (Å²) in [7, 11) is 0. The molecule has 2 rings (SSSR count). The maximum atomic E-state index is 11.7. The van der Waals surface area contributed by atoms with Gasteiger partial charge in [0.05, 0.1) is 0 Å². The average molecular weight is 196 g/mol. The summed E-state index contributed by atoms with van der Waals surface area (Å²) in [4.78, 5) is 11.7. The normalized spacial score (nSPS) is 30.8. The van der Waals surface area contributed by atoms with Gasteiger partial charge in [-0.1, -0.05) is 19.3 Å². The van der Waals surface area contributed by atoms with Gasteiger partial charge in [0.15, 0.2) is 0 Å². The first-order valence-electron chi connectivity index (χ1n) is 5.85. The second-order valence-corrected chi connectivity index (χ2v) is 4.62. The number of carbonyl (C=O) groups excluding carboxylic acids is 1. The number of rotatable bonds is 1. The van der Waals surface area contributed by atoms with Gasteiger partial charge in [0, 0.05) is 18.5 Å². The Labute approximate surface area is 85.8 Å². The maximum Gasteiger partial charge on any atom is 0.236 e. The van der Waals surface area contributed by atoms with Crippen molar-refractivity contribution in [3.8, 4) is 0 Å². The van der Waals surface area contributed by atoms with E-state index in [2.05, 4.69) is 12.3 Å². The first-order chi connectivity index (χ1) is 6.77. The van der Waals surface area contributed by atoms with E-state index in [1.165, 1.54) is 32.1 Å². The number of amides is 1. The summed E-state index contributed by atoms with van der Waals surface area (Å²) in [5.41, 5.74) is 3.32. The number of carbonyl (C=O) groups is 1. The molecule has 3 heteroatoms. The lowest BCUT2D eigenvalue weighted by Crippen LogP contribution is -2.56. The molecular weight excluding hydrogens is 176 g/mol. The fourth-order valence-electron chi connectivity index (χ4n) is 2.48. The summed E-state index contributed by atoms with van der Waals surface area (Å²) < 4.78 is 0. The molecule has 1 unspecified atom stereocenters. The molecule has 2 fully saturated rings. The Morgan fingerprint density at radius 1 is 1.21 bits per heavy atom. The van der Waals surface area contributed by atoms with E-state index in [4.69, 9.17) is 0 Å². The van der Waals surface area contributed by atoms with Gasteiger partial charge in [0.2, 0.25) is 5.91 Å². The van der Waals surface area contributed by atoms with Crippen molar-refractivity contribution in [2.75, 3.05) is 0 Å². The second kappa shape index (κ2) is 4.30. The van der Waals surface area contributed by atoms with E-state index in [-0.39, 0.29) is 0 Å². The Morgan fingerprint density at radius 3 is 2.64 bits per heavy atom. The minimum absolute atomic E-state index is 0.301. The molecule has 80 valence electrons. The van der Waals surface area contributed by atoms with Crippen molar-refractivity contribution in [3.63, 3.8) is 0 Å². The SMILES string of the molecule is CC1CCC(=O)N(C2CCCCC2)N1. The van der Waals surface area contributed by atoms with E-state index in [1.807, 2.05) is 5.01 Å². The van der Waals surface area contributed by atoms with Crippen molar-refractivity contribution in [1.82, 2.24) is 10.4 Å². The van der Waals surface area contributed by atoms with Gasteiger partial charge in [-0.05, 0) is 26.2 Å². The molecule has 14 heavy (non-hydrogen) atoms. The fourth-order valence-corrected chi connectivity index (χ4v) is 2.48. The molecule has 0 bridgehead atoms. The lowest BCUT2D eigenvalue weighted by atomic mass is 9.94. The molecule has 1 N–H and O–H groups in total. The first-order valence-corrected chi connectivity index (χ1v) is 5.85. The van der Waals surface area contributed by atoms with Crippen LogP contribution in [0.3, 0.4) is 0 Å². The largest absolute Gasteiger partial charge is 0.275 e. The summed E-state index contributed by atoms with van der Waals surface area (Å²) in [6, 6.07) is 0.939. The van der Waals surface area contributed by atoms with E-state index in [9.17, 15) is 4.79 Å². The van der Waals surface area contributed by atoms with Gasteiger partial charge in [0.1, 0.15) is 0 Å². The molecule has 1 amide bonds. The van der Waals surface area contributed by atoms with Crippen LogP contribution < -0.4 is 5.43 Å². The highest BCUT2D eigenvalue weighted by Gasteiger charge is 2.29. The molecule has 0 aromatic rings. The third-order valence-electron chi connectivity index (χ3n) is 3.36. The van der Waals surface area contributed by atoms with Crippen molar-refractivity contribution in [2.45, 2.75) is 64.0 Å². The van der Waals surface area contributed by atoms with Crippen LogP contribution in [0.5, 0.6) is 0 Å². The van der Waals surface area contributed by atoms with Crippen LogP contribution in [0.2, 0.25) is 0 Å². The van der Waals surface area contributed by atoms with Gasteiger partial charge in [-0.15, -0.1) is 0 Å². The Balaban J connectivity index is 1.96. The van der Waals surface area contributed by atoms with Gasteiger partial charge < -0.3 is 0 Å². The minimum atomic E-state index is 0.301. The van der Waals surface area contributed by atoms with Crippen LogP contribution in [0.1, 0.15) is 51.9 Å². The monoisotopic (exact) mass is 196 g/mol. The van der Waals surface area contributed by atoms with Gasteiger partial charge in [-0.25, -0.2) is 5.43 Å². The Bertz CT molecular complexity index is 211. The second-order valence-electron chi connectivity index (χ2n) is 4.62. The van der Waals surface area contributed by atoms with E-state index in [0.29, 0.717) is 18.0 Å². The van der Waals surface area contributed by atoms with Crippen molar-refractivity contribution in [1.29, 1.82) is 0 Å². The van der Waals surface area contributed by atoms with Gasteiger partial charge >= 0.3 is 0 Å². The molecule has 2 aliphatic rings. The molecule has 1 saturated heterocycles. The third kappa shape index (κ3) is 2.08. The predicted octanol–water partition coefficient (Wildman–Crippen LogP) is 1.83. The highest BCUT2D eigenvalue weighted by atomic mass is 16.2. The quantitative estimate of drug-likeness (QED) is 0.694. The highest BCUT2D eigenvalue weighted by Crippen LogP contribution is 2.24. The van der Waals surface area contributed by atoms with Crippen LogP contribution in [-0.2, 0) is 4.79 Å². The third-order valence-corrected chi connectivity index (χ3v) is 3.36. The molecule has 0 spiro atoms. The van der Waals surface area contributed by atoms with Crippen molar-refractivity contribution < 1.29 is 4.79 Å². The van der Waals surface area contributed by atoms with Crippen molar-refractivity contribution in [3.05, 3.63) is 0 Å². The molecule has 0 radical (unpaired) electrons. The number of nitrogens with one attached hydrogen (secondary N) is 1. The predicted molar refractivity (Wildman–Crippen MR) is 55.6 cm³/mol. The average Bonchev–Trinajstić information content (AvgIpc) is 2.23. The first kappa shape index (κ1) is 9.97. The smallest absolute Gasteiger partial charge is 0.236 e. The molecule has 1 heterocycles. The maximum absolute atomic E-state index is 11.7. The number of hydrazine groups is 1. The van der Waals surface area contributed by atoms with Crippen LogP contribution in [0, 0.1) is 0 Å². The van der Waals surface area contributed by atoms with Crippen molar-refractivity contribution >= 4 is 5.91 Å². The van der Waals surface area contributed by atoms with E-state index >= 15 is 0 Å². The molecule has 1 atom stereocenters. The highest BCUT2D eigenvalue weighted by molar-refractivity contribution is 5.76. The fraction of sp³-hybridized carbons (Fsp3) is 0.909. The molecule has 0 aromatic carbocycles. The minimum Gasteiger partial charge on any atom is -0.275 e. The van der Waals surface area contributed by atoms with Gasteiger partial charge in [0.25, 0.3) is 0 Å². The summed E-state index contributed by atoms with van der Waals surface area (Å²) in [5.74, 6) is 0.301. The molecule has 3 nitrogen and oxygen atoms in total. The summed E-state index contributed by atoms with van der Waals surface area (Å²) >= 11 is 0. The van der Waals surface area contributed by atoms with Crippen LogP contribution >= 0.6 is 0 Å². The topological polar surface area (TPSA) is 32.3 Å². The molecular formula is C11H20N2O. The van der Waals surface area contributed by atoms with Crippen LogP contribution in [-0.4, -0.2) is 23.0 Å². The van der Waals surface area contributed by atoms with Crippen LogP contribution in [0.4, 0.5) is 0 Å². The van der Waals surface area contributed by atoms with Gasteiger partial charge in [-0.3, -0.25) is 9.80 Å². The number of nitrogens with zero attached hydrogens (tertiary/aromatic N) is 1. The summed E-state index contributed by atoms with van der Waals surface area (Å²) in [6.45, 7) is 2.16. The van der Waals surface area contributed by atoms with E-state index in [1.54, 1.807) is 0 Å². The zero-order valence-electron chi connectivity index (χ0n) is 8.96. The standard InChI is InChI=1S/C11H20N2O/c1-9-7-8-11(14)13(12-9)10-5-3-2-4-6-10/h9-10,12H,2-8H2,1H3. The Kier molecular flexibility index (Phi) is 3.06. The summed E-state index contributed by atoms with van der Waals surface area (Å²) in [5, 5.41) is 1.92. The zero-order chi connectivity index (χ0) is 9.97. The lowest BCUT2D eigenvalue weighted by molar-refractivity contribution is -0.142.